The number of nitrogens with one attached hydrogen (secondary N) is 1. The number of halogens is 1. The first kappa shape index (κ1) is 19.6. The number of amides is 1. The second-order valence-corrected chi connectivity index (χ2v) is 7.79. The van der Waals surface area contributed by atoms with Crippen molar-refractivity contribution in [1.82, 2.24) is 10.3 Å². The van der Waals surface area contributed by atoms with Crippen LogP contribution in [0, 0.1) is 5.82 Å². The Kier molecular flexibility index (Phi) is 4.90. The third-order valence-electron chi connectivity index (χ3n) is 5.34. The largest absolute Gasteiger partial charge is 0.498 e. The van der Waals surface area contributed by atoms with Crippen LogP contribution in [-0.2, 0) is 9.31 Å². The van der Waals surface area contributed by atoms with Crippen LogP contribution in [0.4, 0.5) is 10.1 Å². The molecule has 1 aliphatic rings. The Hall–Kier alpha value is -2.19. The van der Waals surface area contributed by atoms with Gasteiger partial charge in [0.1, 0.15) is 5.82 Å². The van der Waals surface area contributed by atoms with Crippen LogP contribution in [0.3, 0.4) is 0 Å². The van der Waals surface area contributed by atoms with Gasteiger partial charge in [-0.25, -0.2) is 9.37 Å². The fourth-order valence-electron chi connectivity index (χ4n) is 3.01. The van der Waals surface area contributed by atoms with Crippen LogP contribution in [-0.4, -0.2) is 35.8 Å². The fourth-order valence-corrected chi connectivity index (χ4v) is 3.01. The number of carbonyl (C=O) groups excluding carboxylic acids is 1. The number of nitrogens with two attached hydrogens (primary N) is 1. The maximum Gasteiger partial charge on any atom is 0.498 e. The van der Waals surface area contributed by atoms with Gasteiger partial charge in [0, 0.05) is 29.0 Å². The van der Waals surface area contributed by atoms with E-state index in [1.54, 1.807) is 6.07 Å². The Morgan fingerprint density at radius 3 is 2.44 bits per heavy atom. The van der Waals surface area contributed by atoms with E-state index in [1.807, 2.05) is 34.6 Å². The van der Waals surface area contributed by atoms with Crippen molar-refractivity contribution in [2.24, 2.45) is 0 Å². The molecule has 1 aromatic heterocycles. The predicted molar refractivity (Wildman–Crippen MR) is 104 cm³/mol. The Morgan fingerprint density at radius 2 is 1.85 bits per heavy atom. The standard InChI is InChI=1S/C19H25BFN3O3/c1-6-9-23-17(25)16-15(22)11-7-8-13(21)14(12(11)10-24-16)20-26-18(2,3)19(4,5)27-20/h7-8,10H,6,9,22H2,1-5H3,(H,23,25). The summed E-state index contributed by atoms with van der Waals surface area (Å²) in [6.07, 6.45) is 2.26. The Morgan fingerprint density at radius 1 is 1.22 bits per heavy atom. The molecule has 6 nitrogen and oxygen atoms in total. The van der Waals surface area contributed by atoms with Crippen molar-refractivity contribution in [3.05, 3.63) is 29.8 Å². The summed E-state index contributed by atoms with van der Waals surface area (Å²) in [4.78, 5) is 16.5. The number of benzene rings is 1. The third-order valence-corrected chi connectivity index (χ3v) is 5.34. The zero-order valence-corrected chi connectivity index (χ0v) is 16.4. The van der Waals surface area contributed by atoms with E-state index in [0.29, 0.717) is 17.3 Å². The van der Waals surface area contributed by atoms with Gasteiger partial charge in [-0.1, -0.05) is 6.92 Å². The number of hydrogen-bond donors (Lipinski definition) is 2. The van der Waals surface area contributed by atoms with Crippen molar-refractivity contribution < 1.29 is 18.5 Å². The summed E-state index contributed by atoms with van der Waals surface area (Å²) in [6, 6.07) is 2.86. The second kappa shape index (κ2) is 6.76. The lowest BCUT2D eigenvalue weighted by Crippen LogP contribution is -2.41. The minimum Gasteiger partial charge on any atom is -0.399 e. The van der Waals surface area contributed by atoms with Gasteiger partial charge < -0.3 is 20.4 Å². The molecule has 0 atom stereocenters. The van der Waals surface area contributed by atoms with Crippen LogP contribution in [0.2, 0.25) is 0 Å². The van der Waals surface area contributed by atoms with Crippen molar-refractivity contribution in [3.63, 3.8) is 0 Å². The number of anilines is 1. The van der Waals surface area contributed by atoms with Gasteiger partial charge in [-0.05, 0) is 46.2 Å². The molecular formula is C19H25BFN3O3. The summed E-state index contributed by atoms with van der Waals surface area (Å²) in [5.41, 5.74) is 5.55. The van der Waals surface area contributed by atoms with E-state index < -0.39 is 24.1 Å². The van der Waals surface area contributed by atoms with Gasteiger partial charge in [-0.15, -0.1) is 0 Å². The molecule has 1 aromatic carbocycles. The Labute approximate surface area is 158 Å². The van der Waals surface area contributed by atoms with Crippen LogP contribution < -0.4 is 16.5 Å². The van der Waals surface area contributed by atoms with Crippen molar-refractivity contribution in [2.45, 2.75) is 52.2 Å². The molecule has 1 saturated heterocycles. The summed E-state index contributed by atoms with van der Waals surface area (Å²) < 4.78 is 26.7. The van der Waals surface area contributed by atoms with Gasteiger partial charge >= 0.3 is 7.12 Å². The molecule has 144 valence electrons. The highest BCUT2D eigenvalue weighted by atomic mass is 19.1. The maximum absolute atomic E-state index is 14.7. The van der Waals surface area contributed by atoms with Gasteiger partial charge in [0.2, 0.25) is 0 Å². The number of nitrogens with zero attached hydrogens (tertiary/aromatic N) is 1. The molecule has 2 heterocycles. The van der Waals surface area contributed by atoms with E-state index in [0.717, 1.165) is 6.42 Å². The van der Waals surface area contributed by atoms with Gasteiger partial charge in [0.25, 0.3) is 5.91 Å². The molecule has 0 spiro atoms. The maximum atomic E-state index is 14.7. The highest BCUT2D eigenvalue weighted by Gasteiger charge is 2.53. The summed E-state index contributed by atoms with van der Waals surface area (Å²) in [6.45, 7) is 10.1. The number of hydrogen-bond acceptors (Lipinski definition) is 5. The lowest BCUT2D eigenvalue weighted by molar-refractivity contribution is 0.00578. The van der Waals surface area contributed by atoms with Gasteiger partial charge in [-0.3, -0.25) is 4.79 Å². The molecule has 27 heavy (non-hydrogen) atoms. The minimum atomic E-state index is -0.889. The van der Waals surface area contributed by atoms with Crippen molar-refractivity contribution >= 4 is 34.9 Å². The van der Waals surface area contributed by atoms with E-state index in [9.17, 15) is 9.18 Å². The van der Waals surface area contributed by atoms with E-state index in [2.05, 4.69) is 10.3 Å². The van der Waals surface area contributed by atoms with Crippen LogP contribution >= 0.6 is 0 Å². The smallest absolute Gasteiger partial charge is 0.399 e. The number of aromatic nitrogens is 1. The first-order valence-corrected chi connectivity index (χ1v) is 9.09. The zero-order valence-electron chi connectivity index (χ0n) is 16.4. The highest BCUT2D eigenvalue weighted by molar-refractivity contribution is 6.65. The molecule has 0 saturated carbocycles. The van der Waals surface area contributed by atoms with E-state index in [4.69, 9.17) is 15.0 Å². The molecule has 0 radical (unpaired) electrons. The molecule has 3 rings (SSSR count). The van der Waals surface area contributed by atoms with Crippen LogP contribution in [0.5, 0.6) is 0 Å². The second-order valence-electron chi connectivity index (χ2n) is 7.79. The number of rotatable bonds is 4. The molecule has 8 heteroatoms. The van der Waals surface area contributed by atoms with Gasteiger partial charge in [0.05, 0.1) is 16.9 Å². The first-order chi connectivity index (χ1) is 12.6. The number of carbonyl (C=O) groups is 1. The molecule has 1 amide bonds. The number of pyridine rings is 1. The molecule has 0 aliphatic carbocycles. The van der Waals surface area contributed by atoms with Crippen molar-refractivity contribution in [3.8, 4) is 0 Å². The van der Waals surface area contributed by atoms with E-state index in [1.165, 1.54) is 12.3 Å². The lowest BCUT2D eigenvalue weighted by Gasteiger charge is -2.32. The minimum absolute atomic E-state index is 0.127. The van der Waals surface area contributed by atoms with Crippen LogP contribution in [0.1, 0.15) is 51.5 Å². The SMILES string of the molecule is CCCNC(=O)c1ncc2c(B3OC(C)(C)C(C)(C)O3)c(F)ccc2c1N. The summed E-state index contributed by atoms with van der Waals surface area (Å²) >= 11 is 0. The summed E-state index contributed by atoms with van der Waals surface area (Å²) in [5.74, 6) is -0.817. The highest BCUT2D eigenvalue weighted by Crippen LogP contribution is 2.37. The monoisotopic (exact) mass is 373 g/mol. The lowest BCUT2D eigenvalue weighted by atomic mass is 9.75. The summed E-state index contributed by atoms with van der Waals surface area (Å²) in [7, 11) is -0.889. The molecule has 0 bridgehead atoms. The third kappa shape index (κ3) is 3.28. The van der Waals surface area contributed by atoms with Crippen LogP contribution in [0.25, 0.3) is 10.8 Å². The predicted octanol–water partition coefficient (Wildman–Crippen LogP) is 2.40. The molecule has 2 aromatic rings. The number of nitrogen functional groups attached to an aromatic ring is 1. The quantitative estimate of drug-likeness (QED) is 0.804. The number of fused-ring (bicyclic) bond motifs is 1. The first-order valence-electron chi connectivity index (χ1n) is 9.09. The molecular weight excluding hydrogens is 348 g/mol. The van der Waals surface area contributed by atoms with Crippen LogP contribution in [0.15, 0.2) is 18.3 Å². The Bertz CT molecular complexity index is 885. The topological polar surface area (TPSA) is 86.5 Å². The average molecular weight is 373 g/mol. The Balaban J connectivity index is 2.09. The van der Waals surface area contributed by atoms with E-state index >= 15 is 0 Å². The normalized spacial score (nSPS) is 18.1. The molecule has 1 aliphatic heterocycles. The average Bonchev–Trinajstić information content (AvgIpc) is 2.80. The fraction of sp³-hybridized carbons (Fsp3) is 0.474. The van der Waals surface area contributed by atoms with Gasteiger partial charge in [-0.2, -0.15) is 0 Å². The van der Waals surface area contributed by atoms with Crippen molar-refractivity contribution in [2.75, 3.05) is 12.3 Å². The van der Waals surface area contributed by atoms with Crippen molar-refractivity contribution in [1.29, 1.82) is 0 Å². The summed E-state index contributed by atoms with van der Waals surface area (Å²) in [5, 5.41) is 3.76. The molecule has 0 unspecified atom stereocenters. The molecule has 1 fully saturated rings. The van der Waals surface area contributed by atoms with Gasteiger partial charge in [0.15, 0.2) is 5.69 Å². The molecule has 3 N–H and O–H groups in total. The van der Waals surface area contributed by atoms with E-state index in [-0.39, 0.29) is 22.8 Å². The zero-order chi connectivity index (χ0) is 20.0.